The summed E-state index contributed by atoms with van der Waals surface area (Å²) in [5, 5.41) is 14.8. The lowest BCUT2D eigenvalue weighted by Crippen LogP contribution is -2.07. The minimum Gasteiger partial charge on any atom is -0.465 e. The Balaban J connectivity index is 1.76. The van der Waals surface area contributed by atoms with E-state index in [-0.39, 0.29) is 11.7 Å². The van der Waals surface area contributed by atoms with Gasteiger partial charge in [0, 0.05) is 4.88 Å². The first kappa shape index (κ1) is 16.9. The van der Waals surface area contributed by atoms with Gasteiger partial charge >= 0.3 is 5.97 Å². The number of carbonyl (C=O) groups excluding carboxylic acids is 1. The zero-order valence-electron chi connectivity index (χ0n) is 15.0. The van der Waals surface area contributed by atoms with E-state index in [0.29, 0.717) is 23.5 Å². The molecule has 0 amide bonds. The molecule has 1 aliphatic rings. The monoisotopic (exact) mass is 402 g/mol. The van der Waals surface area contributed by atoms with Gasteiger partial charge in [-0.15, -0.1) is 21.5 Å². The summed E-state index contributed by atoms with van der Waals surface area (Å²) in [6.07, 6.45) is 5.05. The van der Waals surface area contributed by atoms with E-state index in [0.717, 1.165) is 22.3 Å². The van der Waals surface area contributed by atoms with Crippen LogP contribution in [0.25, 0.3) is 21.6 Å². The molecule has 8 nitrogen and oxygen atoms in total. The van der Waals surface area contributed by atoms with E-state index in [2.05, 4.69) is 27.2 Å². The van der Waals surface area contributed by atoms with Crippen molar-refractivity contribution in [3.05, 3.63) is 16.8 Å². The first-order valence-electron chi connectivity index (χ1n) is 8.99. The zero-order valence-corrected chi connectivity index (χ0v) is 16.6. The van der Waals surface area contributed by atoms with Crippen molar-refractivity contribution in [1.82, 2.24) is 29.2 Å². The van der Waals surface area contributed by atoms with E-state index in [1.807, 2.05) is 4.40 Å². The molecule has 0 aliphatic heterocycles. The van der Waals surface area contributed by atoms with Crippen LogP contribution in [0.2, 0.25) is 0 Å². The largest absolute Gasteiger partial charge is 0.465 e. The van der Waals surface area contributed by atoms with Crippen molar-refractivity contribution in [2.45, 2.75) is 44.2 Å². The van der Waals surface area contributed by atoms with Gasteiger partial charge in [0.2, 0.25) is 0 Å². The molecular formula is C17H18N6O2S2. The number of aromatic nitrogens is 6. The fraction of sp³-hybridized carbons (Fsp3) is 0.471. The van der Waals surface area contributed by atoms with Crippen LogP contribution in [0.1, 0.15) is 43.0 Å². The van der Waals surface area contributed by atoms with Gasteiger partial charge in [-0.25, -0.2) is 9.38 Å². The summed E-state index contributed by atoms with van der Waals surface area (Å²) in [4.78, 5) is 18.8. The van der Waals surface area contributed by atoms with Crippen LogP contribution < -0.4 is 0 Å². The van der Waals surface area contributed by atoms with Crippen molar-refractivity contribution in [3.8, 4) is 0 Å². The Morgan fingerprint density at radius 1 is 1.44 bits per heavy atom. The first-order valence-corrected chi connectivity index (χ1v) is 10.8. The maximum Gasteiger partial charge on any atom is 0.316 e. The zero-order chi connectivity index (χ0) is 18.5. The second kappa shape index (κ2) is 6.45. The highest BCUT2D eigenvalue weighted by molar-refractivity contribution is 7.99. The molecule has 4 aromatic heterocycles. The second-order valence-corrected chi connectivity index (χ2v) is 8.65. The van der Waals surface area contributed by atoms with Crippen LogP contribution in [0.4, 0.5) is 0 Å². The Kier molecular flexibility index (Phi) is 4.05. The lowest BCUT2D eigenvalue weighted by atomic mass is 9.87. The van der Waals surface area contributed by atoms with Crippen molar-refractivity contribution < 1.29 is 9.53 Å². The lowest BCUT2D eigenvalue weighted by molar-refractivity contribution is -0.139. The van der Waals surface area contributed by atoms with Crippen LogP contribution in [0.5, 0.6) is 0 Å². The topological polar surface area (TPSA) is 86.7 Å². The van der Waals surface area contributed by atoms with Crippen LogP contribution in [0.15, 0.2) is 11.5 Å². The van der Waals surface area contributed by atoms with Crippen molar-refractivity contribution in [2.24, 2.45) is 0 Å². The molecule has 4 aromatic rings. The van der Waals surface area contributed by atoms with Crippen molar-refractivity contribution in [2.75, 3.05) is 12.4 Å². The molecule has 0 saturated carbocycles. The molecule has 1 atom stereocenters. The summed E-state index contributed by atoms with van der Waals surface area (Å²) in [7, 11) is 0. The third-order valence-corrected chi connectivity index (χ3v) is 7.09. The Labute approximate surface area is 162 Å². The van der Waals surface area contributed by atoms with Gasteiger partial charge in [0.25, 0.3) is 5.78 Å². The third kappa shape index (κ3) is 2.53. The van der Waals surface area contributed by atoms with E-state index in [4.69, 9.17) is 4.74 Å². The molecule has 27 heavy (non-hydrogen) atoms. The Bertz CT molecular complexity index is 1180. The van der Waals surface area contributed by atoms with Crippen molar-refractivity contribution in [1.29, 1.82) is 0 Å². The number of hydrogen-bond donors (Lipinski definition) is 0. The maximum atomic E-state index is 11.8. The highest BCUT2D eigenvalue weighted by atomic mass is 32.2. The average Bonchev–Trinajstić information content (AvgIpc) is 3.35. The van der Waals surface area contributed by atoms with E-state index >= 15 is 0 Å². The van der Waals surface area contributed by atoms with E-state index in [1.54, 1.807) is 29.1 Å². The molecule has 0 spiro atoms. The number of thiophene rings is 1. The highest BCUT2D eigenvalue weighted by Gasteiger charge is 2.27. The quantitative estimate of drug-likeness (QED) is 0.383. The average molecular weight is 403 g/mol. The molecule has 0 bridgehead atoms. The summed E-state index contributed by atoms with van der Waals surface area (Å²) in [5.41, 5.74) is 2.22. The Morgan fingerprint density at radius 2 is 2.33 bits per heavy atom. The molecule has 1 unspecified atom stereocenters. The standard InChI is InChI=1S/C17H18N6O2S2/c1-3-25-11(24)7-26-17-21-20-16-22(17)15-13(14-18-8-19-23(14)16)12-9(2)5-4-6-10(12)27-15/h8-9H,3-7H2,1-2H3. The summed E-state index contributed by atoms with van der Waals surface area (Å²) in [5.74, 6) is 1.06. The predicted octanol–water partition coefficient (Wildman–Crippen LogP) is 3.08. The van der Waals surface area contributed by atoms with Crippen LogP contribution in [-0.2, 0) is 16.0 Å². The smallest absolute Gasteiger partial charge is 0.316 e. The molecule has 0 fully saturated rings. The van der Waals surface area contributed by atoms with Gasteiger partial charge in [-0.2, -0.15) is 9.61 Å². The summed E-state index contributed by atoms with van der Waals surface area (Å²) < 4.78 is 8.79. The normalized spacial score (nSPS) is 17.0. The number of carbonyl (C=O) groups is 1. The molecular weight excluding hydrogens is 384 g/mol. The minimum atomic E-state index is -0.253. The molecule has 1 aliphatic carbocycles. The predicted molar refractivity (Wildman–Crippen MR) is 104 cm³/mol. The number of ether oxygens (including phenoxy) is 1. The number of fused-ring (bicyclic) bond motifs is 8. The molecule has 0 radical (unpaired) electrons. The number of aryl methyl sites for hydroxylation is 1. The number of hydrogen-bond acceptors (Lipinski definition) is 8. The van der Waals surface area contributed by atoms with Crippen LogP contribution in [-0.4, -0.2) is 47.5 Å². The van der Waals surface area contributed by atoms with Crippen molar-refractivity contribution >= 4 is 50.7 Å². The van der Waals surface area contributed by atoms with Gasteiger partial charge < -0.3 is 4.74 Å². The molecule has 0 aromatic carbocycles. The Morgan fingerprint density at radius 3 is 3.19 bits per heavy atom. The summed E-state index contributed by atoms with van der Waals surface area (Å²) >= 11 is 3.12. The van der Waals surface area contributed by atoms with Crippen molar-refractivity contribution in [3.63, 3.8) is 0 Å². The van der Waals surface area contributed by atoms with Crippen LogP contribution >= 0.6 is 23.1 Å². The molecule has 0 saturated heterocycles. The van der Waals surface area contributed by atoms with Gasteiger partial charge in [-0.05, 0) is 37.7 Å². The molecule has 5 rings (SSSR count). The number of rotatable bonds is 4. The van der Waals surface area contributed by atoms with Crippen LogP contribution in [0, 0.1) is 0 Å². The van der Waals surface area contributed by atoms with Gasteiger partial charge in [0.15, 0.2) is 10.8 Å². The van der Waals surface area contributed by atoms with Gasteiger partial charge in [0.05, 0.1) is 17.7 Å². The number of thioether (sulfide) groups is 1. The number of nitrogens with zero attached hydrogens (tertiary/aromatic N) is 6. The fourth-order valence-corrected chi connectivity index (χ4v) is 6.07. The lowest BCUT2D eigenvalue weighted by Gasteiger charge is -2.18. The SMILES string of the molecule is CCOC(=O)CSc1nnc2n3ncnc3c3c4c(sc3n12)CCCC4C. The van der Waals surface area contributed by atoms with Gasteiger partial charge in [-0.3, -0.25) is 4.79 Å². The number of esters is 1. The third-order valence-electron chi connectivity index (χ3n) is 4.94. The maximum absolute atomic E-state index is 11.8. The fourth-order valence-electron chi connectivity index (χ4n) is 3.83. The van der Waals surface area contributed by atoms with E-state index in [9.17, 15) is 4.79 Å². The molecule has 140 valence electrons. The molecule has 4 heterocycles. The van der Waals surface area contributed by atoms with Gasteiger partial charge in [-0.1, -0.05) is 18.7 Å². The van der Waals surface area contributed by atoms with E-state index < -0.39 is 0 Å². The highest BCUT2D eigenvalue weighted by Crippen LogP contribution is 2.44. The van der Waals surface area contributed by atoms with E-state index in [1.165, 1.54) is 35.0 Å². The summed E-state index contributed by atoms with van der Waals surface area (Å²) in [6, 6.07) is 0. The first-order chi connectivity index (χ1) is 13.2. The second-order valence-electron chi connectivity index (χ2n) is 6.62. The summed E-state index contributed by atoms with van der Waals surface area (Å²) in [6.45, 7) is 4.46. The molecule has 10 heteroatoms. The Hall–Kier alpha value is -2.20. The van der Waals surface area contributed by atoms with Gasteiger partial charge in [0.1, 0.15) is 11.2 Å². The minimum absolute atomic E-state index is 0.201. The molecule has 0 N–H and O–H groups in total. The van der Waals surface area contributed by atoms with Crippen LogP contribution in [0.3, 0.4) is 0 Å².